The van der Waals surface area contributed by atoms with Gasteiger partial charge in [0.2, 0.25) is 5.91 Å². The highest BCUT2D eigenvalue weighted by Gasteiger charge is 2.28. The van der Waals surface area contributed by atoms with Crippen LogP contribution >= 0.6 is 12.4 Å². The van der Waals surface area contributed by atoms with Crippen LogP contribution in [-0.2, 0) is 9.53 Å². The van der Waals surface area contributed by atoms with Crippen LogP contribution in [0.1, 0.15) is 39.0 Å². The number of hydrogen-bond acceptors (Lipinski definition) is 3. The Hall–Kier alpha value is -0.320. The molecule has 0 radical (unpaired) electrons. The highest BCUT2D eigenvalue weighted by Crippen LogP contribution is 2.21. The van der Waals surface area contributed by atoms with E-state index in [-0.39, 0.29) is 24.4 Å². The van der Waals surface area contributed by atoms with Crippen molar-refractivity contribution in [1.29, 1.82) is 0 Å². The van der Waals surface area contributed by atoms with E-state index in [0.717, 1.165) is 45.4 Å². The van der Waals surface area contributed by atoms with E-state index in [1.807, 2.05) is 11.8 Å². The number of likely N-dealkylation sites (tertiary alicyclic amines) is 1. The highest BCUT2D eigenvalue weighted by atomic mass is 35.5. The van der Waals surface area contributed by atoms with E-state index in [1.54, 1.807) is 0 Å². The number of halogens is 1. The van der Waals surface area contributed by atoms with Crippen molar-refractivity contribution in [3.63, 3.8) is 0 Å². The lowest BCUT2D eigenvalue weighted by molar-refractivity contribution is -0.130. The Morgan fingerprint density at radius 2 is 2.28 bits per heavy atom. The molecule has 3 atom stereocenters. The average Bonchev–Trinajstić information content (AvgIpc) is 2.96. The minimum absolute atomic E-state index is 0. The molecule has 2 rings (SSSR count). The van der Waals surface area contributed by atoms with E-state index in [4.69, 9.17) is 10.5 Å². The van der Waals surface area contributed by atoms with E-state index in [1.165, 1.54) is 0 Å². The first kappa shape index (κ1) is 15.7. The standard InChI is InChI=1S/C13H24N2O2.ClH/c1-10(14)11-6-7-15(9-11)13(16)5-4-12-3-2-8-17-12;/h10-12H,2-9,14H2,1H3;1H. The maximum Gasteiger partial charge on any atom is 0.222 e. The van der Waals surface area contributed by atoms with Gasteiger partial charge in [0.05, 0.1) is 6.10 Å². The van der Waals surface area contributed by atoms with Crippen molar-refractivity contribution in [2.24, 2.45) is 11.7 Å². The molecule has 4 nitrogen and oxygen atoms in total. The van der Waals surface area contributed by atoms with Gasteiger partial charge < -0.3 is 15.4 Å². The molecule has 18 heavy (non-hydrogen) atoms. The van der Waals surface area contributed by atoms with Crippen LogP contribution in [0, 0.1) is 5.92 Å². The zero-order valence-corrected chi connectivity index (χ0v) is 12.0. The third-order valence-electron chi connectivity index (χ3n) is 4.03. The van der Waals surface area contributed by atoms with Gasteiger partial charge in [-0.2, -0.15) is 0 Å². The maximum atomic E-state index is 12.0. The van der Waals surface area contributed by atoms with Crippen LogP contribution in [-0.4, -0.2) is 42.6 Å². The molecule has 0 spiro atoms. The molecular weight excluding hydrogens is 252 g/mol. The van der Waals surface area contributed by atoms with E-state index in [9.17, 15) is 4.79 Å². The predicted molar refractivity (Wildman–Crippen MR) is 73.8 cm³/mol. The summed E-state index contributed by atoms with van der Waals surface area (Å²) in [7, 11) is 0. The molecule has 1 amide bonds. The molecule has 2 fully saturated rings. The lowest BCUT2D eigenvalue weighted by atomic mass is 10.0. The zero-order chi connectivity index (χ0) is 12.3. The summed E-state index contributed by atoms with van der Waals surface area (Å²) >= 11 is 0. The Bertz CT molecular complexity index is 268. The normalized spacial score (nSPS) is 29.1. The molecule has 0 aromatic heterocycles. The number of rotatable bonds is 4. The summed E-state index contributed by atoms with van der Waals surface area (Å²) in [6.07, 6.45) is 5.17. The molecule has 0 aromatic rings. The van der Waals surface area contributed by atoms with Gasteiger partial charge in [-0.1, -0.05) is 0 Å². The third kappa shape index (κ3) is 4.11. The second kappa shape index (κ2) is 7.31. The predicted octanol–water partition coefficient (Wildman–Crippen LogP) is 1.56. The second-order valence-corrected chi connectivity index (χ2v) is 5.42. The highest BCUT2D eigenvalue weighted by molar-refractivity contribution is 5.85. The number of ether oxygens (including phenoxy) is 1. The molecule has 0 saturated carbocycles. The van der Waals surface area contributed by atoms with Crippen LogP contribution in [0.15, 0.2) is 0 Å². The monoisotopic (exact) mass is 276 g/mol. The summed E-state index contributed by atoms with van der Waals surface area (Å²) in [6, 6.07) is 0.200. The largest absolute Gasteiger partial charge is 0.378 e. The molecule has 2 saturated heterocycles. The fraction of sp³-hybridized carbons (Fsp3) is 0.923. The number of amides is 1. The van der Waals surface area contributed by atoms with Gasteiger partial charge in [-0.3, -0.25) is 4.79 Å². The minimum Gasteiger partial charge on any atom is -0.378 e. The van der Waals surface area contributed by atoms with Crippen LogP contribution in [0.2, 0.25) is 0 Å². The summed E-state index contributed by atoms with van der Waals surface area (Å²) < 4.78 is 5.53. The summed E-state index contributed by atoms with van der Waals surface area (Å²) in [4.78, 5) is 14.0. The molecule has 5 heteroatoms. The smallest absolute Gasteiger partial charge is 0.222 e. The van der Waals surface area contributed by atoms with Gasteiger partial charge in [-0.15, -0.1) is 12.4 Å². The van der Waals surface area contributed by atoms with Gasteiger partial charge in [0.1, 0.15) is 0 Å². The summed E-state index contributed by atoms with van der Waals surface area (Å²) in [5, 5.41) is 0. The fourth-order valence-corrected chi connectivity index (χ4v) is 2.76. The quantitative estimate of drug-likeness (QED) is 0.848. The van der Waals surface area contributed by atoms with Crippen molar-refractivity contribution in [3.05, 3.63) is 0 Å². The third-order valence-corrected chi connectivity index (χ3v) is 4.03. The minimum atomic E-state index is 0. The van der Waals surface area contributed by atoms with Crippen molar-refractivity contribution < 1.29 is 9.53 Å². The number of carbonyl (C=O) groups excluding carboxylic acids is 1. The van der Waals surface area contributed by atoms with Crippen molar-refractivity contribution in [2.45, 2.75) is 51.2 Å². The van der Waals surface area contributed by atoms with Crippen LogP contribution in [0.3, 0.4) is 0 Å². The number of nitrogens with zero attached hydrogens (tertiary/aromatic N) is 1. The Morgan fingerprint density at radius 3 is 2.83 bits per heavy atom. The average molecular weight is 277 g/mol. The van der Waals surface area contributed by atoms with E-state index in [0.29, 0.717) is 18.4 Å². The number of carbonyl (C=O) groups is 1. The van der Waals surface area contributed by atoms with Gasteiger partial charge in [0, 0.05) is 32.2 Å². The van der Waals surface area contributed by atoms with Crippen molar-refractivity contribution >= 4 is 18.3 Å². The first-order valence-electron chi connectivity index (χ1n) is 6.82. The molecule has 0 aliphatic carbocycles. The van der Waals surface area contributed by atoms with Crippen LogP contribution in [0.5, 0.6) is 0 Å². The first-order valence-corrected chi connectivity index (χ1v) is 6.82. The topological polar surface area (TPSA) is 55.6 Å². The van der Waals surface area contributed by atoms with Crippen molar-refractivity contribution in [1.82, 2.24) is 4.90 Å². The molecule has 106 valence electrons. The second-order valence-electron chi connectivity index (χ2n) is 5.42. The molecule has 2 heterocycles. The van der Waals surface area contributed by atoms with E-state index >= 15 is 0 Å². The number of nitrogens with two attached hydrogens (primary N) is 1. The molecule has 2 aliphatic rings. The van der Waals surface area contributed by atoms with Crippen LogP contribution in [0.4, 0.5) is 0 Å². The molecule has 2 aliphatic heterocycles. The fourth-order valence-electron chi connectivity index (χ4n) is 2.76. The van der Waals surface area contributed by atoms with Crippen molar-refractivity contribution in [3.8, 4) is 0 Å². The summed E-state index contributed by atoms with van der Waals surface area (Å²) in [5.74, 6) is 0.769. The Labute approximate surface area is 116 Å². The molecular formula is C13H25ClN2O2. The van der Waals surface area contributed by atoms with Gasteiger partial charge in [-0.25, -0.2) is 0 Å². The summed E-state index contributed by atoms with van der Waals surface area (Å²) in [5.41, 5.74) is 5.88. The lowest BCUT2D eigenvalue weighted by Gasteiger charge is -2.19. The lowest BCUT2D eigenvalue weighted by Crippen LogP contribution is -2.33. The Balaban J connectivity index is 0.00000162. The molecule has 0 aromatic carbocycles. The molecule has 0 bridgehead atoms. The van der Waals surface area contributed by atoms with Crippen LogP contribution < -0.4 is 5.73 Å². The summed E-state index contributed by atoms with van der Waals surface area (Å²) in [6.45, 7) is 4.64. The van der Waals surface area contributed by atoms with E-state index in [2.05, 4.69) is 0 Å². The van der Waals surface area contributed by atoms with Gasteiger partial charge in [0.15, 0.2) is 0 Å². The maximum absolute atomic E-state index is 12.0. The van der Waals surface area contributed by atoms with Gasteiger partial charge >= 0.3 is 0 Å². The first-order chi connectivity index (χ1) is 8.16. The zero-order valence-electron chi connectivity index (χ0n) is 11.1. The van der Waals surface area contributed by atoms with Gasteiger partial charge in [-0.05, 0) is 38.5 Å². The van der Waals surface area contributed by atoms with Gasteiger partial charge in [0.25, 0.3) is 0 Å². The number of hydrogen-bond donors (Lipinski definition) is 1. The Kier molecular flexibility index (Phi) is 6.39. The SMILES string of the molecule is CC(N)C1CCN(C(=O)CCC2CCCO2)C1.Cl. The molecule has 3 unspecified atom stereocenters. The molecule has 2 N–H and O–H groups in total. The van der Waals surface area contributed by atoms with E-state index < -0.39 is 0 Å². The Morgan fingerprint density at radius 1 is 1.50 bits per heavy atom. The van der Waals surface area contributed by atoms with Crippen LogP contribution in [0.25, 0.3) is 0 Å². The van der Waals surface area contributed by atoms with Crippen molar-refractivity contribution in [2.75, 3.05) is 19.7 Å².